The van der Waals surface area contributed by atoms with Gasteiger partial charge in [-0.25, -0.2) is 4.79 Å². The van der Waals surface area contributed by atoms with Crippen LogP contribution in [-0.2, 0) is 0 Å². The number of urea groups is 1. The molecule has 1 fully saturated rings. The Hall–Kier alpha value is -2.15. The average Bonchev–Trinajstić information content (AvgIpc) is 3.11. The van der Waals surface area contributed by atoms with Gasteiger partial charge in [0, 0.05) is 25.2 Å². The number of rotatable bonds is 3. The van der Waals surface area contributed by atoms with Gasteiger partial charge in [-0.1, -0.05) is 0 Å². The number of likely N-dealkylation sites (tertiary alicyclic amines) is 1. The van der Waals surface area contributed by atoms with E-state index < -0.39 is 0 Å². The van der Waals surface area contributed by atoms with Gasteiger partial charge >= 0.3 is 6.03 Å². The second-order valence-electron chi connectivity index (χ2n) is 4.44. The van der Waals surface area contributed by atoms with E-state index in [4.69, 9.17) is 4.74 Å². The topological polar surface area (TPSA) is 67.4 Å². The number of anilines is 1. The van der Waals surface area contributed by atoms with E-state index >= 15 is 0 Å². The van der Waals surface area contributed by atoms with Crippen LogP contribution in [-0.4, -0.2) is 40.3 Å². The van der Waals surface area contributed by atoms with Gasteiger partial charge in [0.05, 0.1) is 11.5 Å². The normalized spacial score (nSPS) is 18.0. The molecule has 2 aromatic rings. The van der Waals surface area contributed by atoms with Gasteiger partial charge in [-0.05, 0) is 23.6 Å². The van der Waals surface area contributed by atoms with Crippen molar-refractivity contribution in [3.63, 3.8) is 0 Å². The highest BCUT2D eigenvalue weighted by molar-refractivity contribution is 7.14. The summed E-state index contributed by atoms with van der Waals surface area (Å²) in [7, 11) is 0. The average molecular weight is 290 g/mol. The zero-order valence-electron chi connectivity index (χ0n) is 10.7. The maximum Gasteiger partial charge on any atom is 0.322 e. The first kappa shape index (κ1) is 12.9. The van der Waals surface area contributed by atoms with E-state index in [-0.39, 0.29) is 12.1 Å². The quantitative estimate of drug-likeness (QED) is 0.941. The molecule has 1 aliphatic heterocycles. The van der Waals surface area contributed by atoms with E-state index in [9.17, 15) is 4.79 Å². The van der Waals surface area contributed by atoms with Gasteiger partial charge in [-0.2, -0.15) is 5.10 Å². The standard InChI is InChI=1S/C13H14N4O2S/c18-13(15-12-4-2-8-20-12)17-7-5-10(9-17)19-11-3-1-6-14-16-11/h1-4,6,8,10H,5,7,9H2,(H,15,18)/t10-/m0/s1. The van der Waals surface area contributed by atoms with E-state index in [1.807, 2.05) is 17.5 Å². The lowest BCUT2D eigenvalue weighted by molar-refractivity contribution is 0.188. The molecule has 1 atom stereocenters. The monoisotopic (exact) mass is 290 g/mol. The number of hydrogen-bond acceptors (Lipinski definition) is 5. The molecular weight excluding hydrogens is 276 g/mol. The summed E-state index contributed by atoms with van der Waals surface area (Å²) in [6, 6.07) is 7.24. The van der Waals surface area contributed by atoms with Gasteiger partial charge in [-0.3, -0.25) is 5.32 Å². The lowest BCUT2D eigenvalue weighted by Crippen LogP contribution is -2.34. The molecule has 0 radical (unpaired) electrons. The Bertz CT molecular complexity index is 561. The summed E-state index contributed by atoms with van der Waals surface area (Å²) in [6.07, 6.45) is 2.37. The lowest BCUT2D eigenvalue weighted by Gasteiger charge is -2.16. The van der Waals surface area contributed by atoms with Crippen molar-refractivity contribution in [3.8, 4) is 5.88 Å². The van der Waals surface area contributed by atoms with Crippen LogP contribution in [0.4, 0.5) is 9.80 Å². The van der Waals surface area contributed by atoms with Crippen LogP contribution in [0.25, 0.3) is 0 Å². The summed E-state index contributed by atoms with van der Waals surface area (Å²) >= 11 is 1.51. The van der Waals surface area contributed by atoms with E-state index in [2.05, 4.69) is 15.5 Å². The van der Waals surface area contributed by atoms with E-state index in [0.29, 0.717) is 19.0 Å². The first-order valence-corrected chi connectivity index (χ1v) is 7.23. The Morgan fingerprint density at radius 2 is 2.40 bits per heavy atom. The Morgan fingerprint density at radius 3 is 3.15 bits per heavy atom. The van der Waals surface area contributed by atoms with Gasteiger partial charge < -0.3 is 9.64 Å². The van der Waals surface area contributed by atoms with Gasteiger partial charge in [0.25, 0.3) is 0 Å². The zero-order valence-corrected chi connectivity index (χ0v) is 11.5. The molecule has 0 aromatic carbocycles. The minimum Gasteiger partial charge on any atom is -0.471 e. The summed E-state index contributed by atoms with van der Waals surface area (Å²) in [5.74, 6) is 0.498. The summed E-state index contributed by atoms with van der Waals surface area (Å²) in [6.45, 7) is 1.25. The van der Waals surface area contributed by atoms with Gasteiger partial charge in [0.15, 0.2) is 0 Å². The molecule has 2 aromatic heterocycles. The molecule has 0 saturated carbocycles. The maximum atomic E-state index is 12.0. The summed E-state index contributed by atoms with van der Waals surface area (Å²) in [4.78, 5) is 13.8. The Morgan fingerprint density at radius 1 is 1.45 bits per heavy atom. The molecule has 0 spiro atoms. The van der Waals surface area contributed by atoms with E-state index in [0.717, 1.165) is 11.4 Å². The van der Waals surface area contributed by atoms with Crippen molar-refractivity contribution in [1.29, 1.82) is 0 Å². The Balaban J connectivity index is 1.53. The van der Waals surface area contributed by atoms with Crippen molar-refractivity contribution in [2.75, 3.05) is 18.4 Å². The molecule has 1 aliphatic rings. The van der Waals surface area contributed by atoms with Crippen LogP contribution in [0.2, 0.25) is 0 Å². The van der Waals surface area contributed by atoms with Gasteiger partial charge in [-0.15, -0.1) is 16.4 Å². The molecule has 0 unspecified atom stereocenters. The SMILES string of the molecule is O=C(Nc1cccs1)N1CC[C@H](Oc2cccnn2)C1. The van der Waals surface area contributed by atoms with Crippen LogP contribution in [0.15, 0.2) is 35.8 Å². The third-order valence-electron chi connectivity index (χ3n) is 3.02. The first-order valence-electron chi connectivity index (χ1n) is 6.35. The first-order chi connectivity index (χ1) is 9.81. The highest BCUT2D eigenvalue weighted by Gasteiger charge is 2.28. The highest BCUT2D eigenvalue weighted by atomic mass is 32.1. The molecular formula is C13H14N4O2S. The Kier molecular flexibility index (Phi) is 3.78. The van der Waals surface area contributed by atoms with Crippen LogP contribution in [0.3, 0.4) is 0 Å². The number of nitrogens with one attached hydrogen (secondary N) is 1. The molecule has 1 N–H and O–H groups in total. The second kappa shape index (κ2) is 5.87. The predicted octanol–water partition coefficient (Wildman–Crippen LogP) is 2.22. The molecule has 1 saturated heterocycles. The zero-order chi connectivity index (χ0) is 13.8. The number of aromatic nitrogens is 2. The maximum absolute atomic E-state index is 12.0. The van der Waals surface area contributed by atoms with Gasteiger partial charge in [0.1, 0.15) is 6.10 Å². The molecule has 0 aliphatic carbocycles. The van der Waals surface area contributed by atoms with Crippen molar-refractivity contribution < 1.29 is 9.53 Å². The van der Waals surface area contributed by atoms with Crippen molar-refractivity contribution in [3.05, 3.63) is 35.8 Å². The molecule has 7 heteroatoms. The van der Waals surface area contributed by atoms with Crippen LogP contribution in [0, 0.1) is 0 Å². The molecule has 0 bridgehead atoms. The van der Waals surface area contributed by atoms with Gasteiger partial charge in [0.2, 0.25) is 5.88 Å². The lowest BCUT2D eigenvalue weighted by atomic mass is 10.3. The number of ether oxygens (including phenoxy) is 1. The number of carbonyl (C=O) groups is 1. The highest BCUT2D eigenvalue weighted by Crippen LogP contribution is 2.19. The minimum atomic E-state index is -0.0855. The molecule has 20 heavy (non-hydrogen) atoms. The third-order valence-corrected chi connectivity index (χ3v) is 3.80. The summed E-state index contributed by atoms with van der Waals surface area (Å²) in [5.41, 5.74) is 0. The second-order valence-corrected chi connectivity index (χ2v) is 5.39. The van der Waals surface area contributed by atoms with Crippen molar-refractivity contribution in [1.82, 2.24) is 15.1 Å². The van der Waals surface area contributed by atoms with E-state index in [1.165, 1.54) is 11.3 Å². The minimum absolute atomic E-state index is 0.0271. The van der Waals surface area contributed by atoms with Crippen LogP contribution in [0.5, 0.6) is 5.88 Å². The Labute approximate surface area is 120 Å². The fourth-order valence-corrected chi connectivity index (χ4v) is 2.67. The number of carbonyl (C=O) groups excluding carboxylic acids is 1. The molecule has 104 valence electrons. The van der Waals surface area contributed by atoms with Crippen molar-refractivity contribution in [2.24, 2.45) is 0 Å². The number of nitrogens with zero attached hydrogens (tertiary/aromatic N) is 3. The molecule has 2 amide bonds. The van der Waals surface area contributed by atoms with Crippen molar-refractivity contribution in [2.45, 2.75) is 12.5 Å². The van der Waals surface area contributed by atoms with Crippen LogP contribution < -0.4 is 10.1 Å². The smallest absolute Gasteiger partial charge is 0.322 e. The molecule has 3 heterocycles. The van der Waals surface area contributed by atoms with Crippen LogP contribution in [0.1, 0.15) is 6.42 Å². The fraction of sp³-hybridized carbons (Fsp3) is 0.308. The van der Waals surface area contributed by atoms with E-state index in [1.54, 1.807) is 23.2 Å². The summed E-state index contributed by atoms with van der Waals surface area (Å²) in [5, 5.41) is 13.3. The van der Waals surface area contributed by atoms with Crippen LogP contribution >= 0.6 is 11.3 Å². The largest absolute Gasteiger partial charge is 0.471 e. The predicted molar refractivity (Wildman–Crippen MR) is 76.0 cm³/mol. The molecule has 6 nitrogen and oxygen atoms in total. The summed E-state index contributed by atoms with van der Waals surface area (Å²) < 4.78 is 5.70. The number of hydrogen-bond donors (Lipinski definition) is 1. The third kappa shape index (κ3) is 3.05. The van der Waals surface area contributed by atoms with Crippen molar-refractivity contribution >= 4 is 22.4 Å². The molecule has 3 rings (SSSR count). The number of amides is 2. The number of thiophene rings is 1. The fourth-order valence-electron chi connectivity index (χ4n) is 2.06.